The molecular formula is C23H26FN. The van der Waals surface area contributed by atoms with Gasteiger partial charge in [0.2, 0.25) is 0 Å². The maximum absolute atomic E-state index is 13.8. The first-order valence-corrected chi connectivity index (χ1v) is 9.43. The zero-order valence-electron chi connectivity index (χ0n) is 14.9. The van der Waals surface area contributed by atoms with E-state index in [1.54, 1.807) is 6.07 Å². The van der Waals surface area contributed by atoms with Gasteiger partial charge >= 0.3 is 0 Å². The molecule has 2 aromatic rings. The van der Waals surface area contributed by atoms with E-state index in [1.165, 1.54) is 30.4 Å². The van der Waals surface area contributed by atoms with Gasteiger partial charge in [-0.25, -0.2) is 4.39 Å². The van der Waals surface area contributed by atoms with Crippen LogP contribution in [-0.4, -0.2) is 17.0 Å². The number of fused-ring (bicyclic) bond motifs is 2. The van der Waals surface area contributed by atoms with E-state index in [2.05, 4.69) is 47.4 Å². The largest absolute Gasteiger partial charge is 0.289 e. The van der Waals surface area contributed by atoms with Crippen molar-refractivity contribution in [2.75, 3.05) is 0 Å². The highest BCUT2D eigenvalue weighted by Gasteiger charge is 2.33. The minimum atomic E-state index is -0.0835. The number of benzene rings is 2. The molecule has 0 aromatic heterocycles. The van der Waals surface area contributed by atoms with E-state index < -0.39 is 0 Å². The van der Waals surface area contributed by atoms with Gasteiger partial charge in [0.25, 0.3) is 0 Å². The average molecular weight is 335 g/mol. The number of nitrogens with zero attached hydrogens (tertiary/aromatic N) is 1. The van der Waals surface area contributed by atoms with Gasteiger partial charge in [0.05, 0.1) is 0 Å². The number of rotatable bonds is 4. The van der Waals surface area contributed by atoms with Gasteiger partial charge in [-0.15, -0.1) is 0 Å². The van der Waals surface area contributed by atoms with Crippen molar-refractivity contribution < 1.29 is 4.39 Å². The molecule has 2 aliphatic heterocycles. The minimum Gasteiger partial charge on any atom is -0.289 e. The summed E-state index contributed by atoms with van der Waals surface area (Å²) in [6.45, 7) is 2.87. The van der Waals surface area contributed by atoms with E-state index in [1.807, 2.05) is 13.0 Å². The van der Waals surface area contributed by atoms with Crippen molar-refractivity contribution >= 4 is 0 Å². The quantitative estimate of drug-likeness (QED) is 0.673. The van der Waals surface area contributed by atoms with Crippen molar-refractivity contribution in [1.82, 2.24) is 4.90 Å². The molecule has 0 spiro atoms. The first kappa shape index (κ1) is 16.5. The number of aryl methyl sites for hydroxylation is 1. The summed E-state index contributed by atoms with van der Waals surface area (Å²) in [5, 5.41) is 0. The Kier molecular flexibility index (Phi) is 4.72. The third-order valence-electron chi connectivity index (χ3n) is 5.73. The lowest BCUT2D eigenvalue weighted by Crippen LogP contribution is -2.48. The molecule has 2 bridgehead atoms. The van der Waals surface area contributed by atoms with Gasteiger partial charge in [0, 0.05) is 18.6 Å². The van der Waals surface area contributed by atoms with Crippen LogP contribution in [0.3, 0.4) is 0 Å². The zero-order chi connectivity index (χ0) is 17.2. The second-order valence-corrected chi connectivity index (χ2v) is 7.60. The monoisotopic (exact) mass is 335 g/mol. The van der Waals surface area contributed by atoms with Gasteiger partial charge in [-0.2, -0.15) is 0 Å². The molecule has 0 amide bonds. The maximum Gasteiger partial charge on any atom is 0.126 e. The highest BCUT2D eigenvalue weighted by Crippen LogP contribution is 2.35. The van der Waals surface area contributed by atoms with Crippen molar-refractivity contribution in [3.63, 3.8) is 0 Å². The summed E-state index contributed by atoms with van der Waals surface area (Å²) in [5.41, 5.74) is 4.72. The molecule has 130 valence electrons. The molecule has 2 heteroatoms. The lowest BCUT2D eigenvalue weighted by molar-refractivity contribution is 0.0880. The standard InChI is InChI=1S/C23H26FN/c1-17-10-11-19(15-23(17)24)12-20-13-21-8-5-9-22(14-20)25(21)16-18-6-3-2-4-7-18/h2-4,6-7,10-11,13,15,21-22H,5,8-9,12,14,16H2,1H3. The summed E-state index contributed by atoms with van der Waals surface area (Å²) in [5.74, 6) is -0.0835. The second kappa shape index (κ2) is 7.13. The van der Waals surface area contributed by atoms with Crippen LogP contribution < -0.4 is 0 Å². The van der Waals surface area contributed by atoms with Gasteiger partial charge in [-0.3, -0.25) is 4.90 Å². The molecule has 0 N–H and O–H groups in total. The Morgan fingerprint density at radius 2 is 1.88 bits per heavy atom. The highest BCUT2D eigenvalue weighted by atomic mass is 19.1. The summed E-state index contributed by atoms with van der Waals surface area (Å²) in [6, 6.07) is 17.6. The lowest BCUT2D eigenvalue weighted by Gasteiger charge is -2.45. The van der Waals surface area contributed by atoms with Crippen molar-refractivity contribution in [2.45, 2.75) is 57.7 Å². The average Bonchev–Trinajstić information content (AvgIpc) is 2.60. The molecule has 0 aliphatic carbocycles. The van der Waals surface area contributed by atoms with Crippen LogP contribution in [0.15, 0.2) is 60.2 Å². The number of hydrogen-bond donors (Lipinski definition) is 0. The Bertz CT molecular complexity index is 765. The van der Waals surface area contributed by atoms with Crippen LogP contribution in [0.25, 0.3) is 0 Å². The molecule has 2 aromatic carbocycles. The van der Waals surface area contributed by atoms with Crippen molar-refractivity contribution in [3.8, 4) is 0 Å². The van der Waals surface area contributed by atoms with E-state index in [-0.39, 0.29) is 5.82 Å². The number of hydrogen-bond acceptors (Lipinski definition) is 1. The molecule has 25 heavy (non-hydrogen) atoms. The van der Waals surface area contributed by atoms with Crippen LogP contribution in [-0.2, 0) is 13.0 Å². The second-order valence-electron chi connectivity index (χ2n) is 7.60. The number of halogens is 1. The Labute approximate surface area is 150 Å². The summed E-state index contributed by atoms with van der Waals surface area (Å²) in [6.07, 6.45) is 8.33. The molecule has 2 heterocycles. The van der Waals surface area contributed by atoms with Crippen molar-refractivity contribution in [3.05, 3.63) is 82.7 Å². The maximum atomic E-state index is 13.8. The van der Waals surface area contributed by atoms with E-state index in [9.17, 15) is 4.39 Å². The Balaban J connectivity index is 1.51. The first-order chi connectivity index (χ1) is 12.2. The highest BCUT2D eigenvalue weighted by molar-refractivity contribution is 5.29. The zero-order valence-corrected chi connectivity index (χ0v) is 14.9. The van der Waals surface area contributed by atoms with Crippen LogP contribution in [0.2, 0.25) is 0 Å². The smallest absolute Gasteiger partial charge is 0.126 e. The van der Waals surface area contributed by atoms with Crippen LogP contribution in [0.4, 0.5) is 4.39 Å². The van der Waals surface area contributed by atoms with Gasteiger partial charge in [0.1, 0.15) is 5.82 Å². The third kappa shape index (κ3) is 3.69. The minimum absolute atomic E-state index is 0.0835. The predicted molar refractivity (Wildman–Crippen MR) is 101 cm³/mol. The van der Waals surface area contributed by atoms with Crippen molar-refractivity contribution in [1.29, 1.82) is 0 Å². The van der Waals surface area contributed by atoms with E-state index in [0.29, 0.717) is 12.1 Å². The summed E-state index contributed by atoms with van der Waals surface area (Å²) in [4.78, 5) is 2.68. The van der Waals surface area contributed by atoms with E-state index in [4.69, 9.17) is 0 Å². The van der Waals surface area contributed by atoms with Crippen molar-refractivity contribution in [2.24, 2.45) is 0 Å². The third-order valence-corrected chi connectivity index (χ3v) is 5.73. The van der Waals surface area contributed by atoms with Crippen LogP contribution in [0, 0.1) is 12.7 Å². The molecule has 2 unspecified atom stereocenters. The molecule has 4 rings (SSSR count). The molecule has 2 atom stereocenters. The normalized spacial score (nSPS) is 23.4. The molecule has 0 radical (unpaired) electrons. The summed E-state index contributed by atoms with van der Waals surface area (Å²) in [7, 11) is 0. The van der Waals surface area contributed by atoms with Gasteiger partial charge in [-0.1, -0.05) is 60.5 Å². The molecular weight excluding hydrogens is 309 g/mol. The first-order valence-electron chi connectivity index (χ1n) is 9.43. The van der Waals surface area contributed by atoms with Gasteiger partial charge < -0.3 is 0 Å². The fourth-order valence-corrected chi connectivity index (χ4v) is 4.39. The number of piperidine rings is 1. The van der Waals surface area contributed by atoms with Crippen LogP contribution in [0.1, 0.15) is 42.4 Å². The SMILES string of the molecule is Cc1ccc(CC2=CC3CCCC(C2)N3Cc2ccccc2)cc1F. The van der Waals surface area contributed by atoms with E-state index in [0.717, 1.165) is 30.5 Å². The van der Waals surface area contributed by atoms with Gasteiger partial charge in [0.15, 0.2) is 0 Å². The Morgan fingerprint density at radius 1 is 1.04 bits per heavy atom. The van der Waals surface area contributed by atoms with Gasteiger partial charge in [-0.05, 0) is 55.4 Å². The fraction of sp³-hybridized carbons (Fsp3) is 0.391. The molecule has 1 fully saturated rings. The molecule has 1 saturated heterocycles. The van der Waals surface area contributed by atoms with Crippen LogP contribution >= 0.6 is 0 Å². The van der Waals surface area contributed by atoms with Crippen LogP contribution in [0.5, 0.6) is 0 Å². The molecule has 2 aliphatic rings. The Hall–Kier alpha value is -1.93. The molecule has 1 nitrogen and oxygen atoms in total. The predicted octanol–water partition coefficient (Wildman–Crippen LogP) is 5.43. The topological polar surface area (TPSA) is 3.24 Å². The summed E-state index contributed by atoms with van der Waals surface area (Å²) < 4.78 is 13.8. The van der Waals surface area contributed by atoms with E-state index >= 15 is 0 Å². The summed E-state index contributed by atoms with van der Waals surface area (Å²) >= 11 is 0. The Morgan fingerprint density at radius 3 is 2.64 bits per heavy atom. The fourth-order valence-electron chi connectivity index (χ4n) is 4.39. The lowest BCUT2D eigenvalue weighted by atomic mass is 9.83. The molecule has 0 saturated carbocycles.